The van der Waals surface area contributed by atoms with Crippen LogP contribution in [0.4, 0.5) is 0 Å². The van der Waals surface area contributed by atoms with E-state index >= 15 is 0 Å². The molecule has 2 aliphatic rings. The van der Waals surface area contributed by atoms with Crippen molar-refractivity contribution in [3.05, 3.63) is 64.1 Å². The number of aromatic nitrogens is 1. The second-order valence-electron chi connectivity index (χ2n) is 5.35. The van der Waals surface area contributed by atoms with Crippen molar-refractivity contribution in [2.45, 2.75) is 12.5 Å². The molecule has 0 amide bonds. The lowest BCUT2D eigenvalue weighted by molar-refractivity contribution is 0.0510. The van der Waals surface area contributed by atoms with Gasteiger partial charge in [-0.15, -0.1) is 11.3 Å². The first-order chi connectivity index (χ1) is 10.9. The van der Waals surface area contributed by atoms with Crippen molar-refractivity contribution in [3.8, 4) is 0 Å². The SMILES string of the molecule is C1=C(c2csc(C3=CCNCC3)n2)NOC1c1ccccc1. The molecule has 1 atom stereocenters. The summed E-state index contributed by atoms with van der Waals surface area (Å²) < 4.78 is 0. The van der Waals surface area contributed by atoms with Gasteiger partial charge in [-0.1, -0.05) is 36.4 Å². The zero-order valence-corrected chi connectivity index (χ0v) is 12.9. The summed E-state index contributed by atoms with van der Waals surface area (Å²) in [6.45, 7) is 1.96. The van der Waals surface area contributed by atoms with Crippen molar-refractivity contribution in [2.24, 2.45) is 0 Å². The third-order valence-corrected chi connectivity index (χ3v) is 4.78. The molecule has 4 rings (SSSR count). The Hall–Kier alpha value is -1.95. The Morgan fingerprint density at radius 1 is 1.23 bits per heavy atom. The van der Waals surface area contributed by atoms with Crippen molar-refractivity contribution in [3.63, 3.8) is 0 Å². The number of benzene rings is 1. The van der Waals surface area contributed by atoms with Gasteiger partial charge in [-0.2, -0.15) is 0 Å². The van der Waals surface area contributed by atoms with Crippen molar-refractivity contribution in [2.75, 3.05) is 13.1 Å². The van der Waals surface area contributed by atoms with E-state index in [0.29, 0.717) is 0 Å². The molecule has 4 nitrogen and oxygen atoms in total. The number of hydrogen-bond acceptors (Lipinski definition) is 5. The van der Waals surface area contributed by atoms with E-state index in [2.05, 4.69) is 40.5 Å². The molecule has 2 aliphatic heterocycles. The summed E-state index contributed by atoms with van der Waals surface area (Å²) in [6.07, 6.45) is 5.30. The fourth-order valence-electron chi connectivity index (χ4n) is 2.65. The fourth-order valence-corrected chi connectivity index (χ4v) is 3.54. The van der Waals surface area contributed by atoms with Crippen LogP contribution in [0.5, 0.6) is 0 Å². The molecule has 1 aromatic carbocycles. The molecule has 0 bridgehead atoms. The quantitative estimate of drug-likeness (QED) is 0.914. The third kappa shape index (κ3) is 2.70. The number of hydrogen-bond donors (Lipinski definition) is 2. The van der Waals surface area contributed by atoms with E-state index in [4.69, 9.17) is 9.82 Å². The van der Waals surface area contributed by atoms with Crippen LogP contribution >= 0.6 is 11.3 Å². The highest BCUT2D eigenvalue weighted by atomic mass is 32.1. The summed E-state index contributed by atoms with van der Waals surface area (Å²) in [7, 11) is 0. The summed E-state index contributed by atoms with van der Waals surface area (Å²) in [5.74, 6) is 0. The molecule has 0 saturated heterocycles. The average molecular weight is 311 g/mol. The largest absolute Gasteiger partial charge is 0.313 e. The van der Waals surface area contributed by atoms with E-state index in [1.54, 1.807) is 11.3 Å². The molecule has 0 aliphatic carbocycles. The second-order valence-corrected chi connectivity index (χ2v) is 6.21. The maximum atomic E-state index is 5.66. The molecule has 1 unspecified atom stereocenters. The zero-order valence-electron chi connectivity index (χ0n) is 12.1. The summed E-state index contributed by atoms with van der Waals surface area (Å²) in [5.41, 5.74) is 7.40. The Bertz CT molecular complexity index is 721. The molecule has 5 heteroatoms. The molecule has 0 fully saturated rings. The van der Waals surface area contributed by atoms with Gasteiger partial charge in [0.2, 0.25) is 0 Å². The molecule has 22 heavy (non-hydrogen) atoms. The van der Waals surface area contributed by atoms with Gasteiger partial charge < -0.3 is 5.32 Å². The zero-order chi connectivity index (χ0) is 14.8. The highest BCUT2D eigenvalue weighted by Gasteiger charge is 2.21. The van der Waals surface area contributed by atoms with Crippen LogP contribution in [0.2, 0.25) is 0 Å². The van der Waals surface area contributed by atoms with Crippen LogP contribution in [0.1, 0.15) is 28.8 Å². The first-order valence-corrected chi connectivity index (χ1v) is 8.32. The Morgan fingerprint density at radius 2 is 2.14 bits per heavy atom. The molecule has 112 valence electrons. The van der Waals surface area contributed by atoms with E-state index in [9.17, 15) is 0 Å². The second kappa shape index (κ2) is 6.04. The Balaban J connectivity index is 1.55. The minimum absolute atomic E-state index is 0.0561. The first-order valence-electron chi connectivity index (χ1n) is 7.44. The van der Waals surface area contributed by atoms with Gasteiger partial charge in [-0.3, -0.25) is 10.3 Å². The summed E-state index contributed by atoms with van der Waals surface area (Å²) in [5, 5.41) is 6.53. The normalized spacial score (nSPS) is 21.2. The topological polar surface area (TPSA) is 46.2 Å². The number of thiazole rings is 1. The third-order valence-electron chi connectivity index (χ3n) is 3.86. The molecule has 3 heterocycles. The van der Waals surface area contributed by atoms with Gasteiger partial charge in [0.25, 0.3) is 0 Å². The lowest BCUT2D eigenvalue weighted by Gasteiger charge is -2.11. The highest BCUT2D eigenvalue weighted by Crippen LogP contribution is 2.31. The number of nitrogens with zero attached hydrogens (tertiary/aromatic N) is 1. The molecular weight excluding hydrogens is 294 g/mol. The van der Waals surface area contributed by atoms with Crippen molar-refractivity contribution in [1.29, 1.82) is 0 Å². The molecule has 0 spiro atoms. The molecule has 0 radical (unpaired) electrons. The minimum Gasteiger partial charge on any atom is -0.313 e. The van der Waals surface area contributed by atoms with Crippen LogP contribution in [-0.2, 0) is 4.84 Å². The van der Waals surface area contributed by atoms with Crippen LogP contribution < -0.4 is 10.8 Å². The van der Waals surface area contributed by atoms with Gasteiger partial charge in [-0.25, -0.2) is 4.98 Å². The van der Waals surface area contributed by atoms with Gasteiger partial charge in [0.05, 0.1) is 11.4 Å². The molecular formula is C17H17N3OS. The maximum absolute atomic E-state index is 5.66. The maximum Gasteiger partial charge on any atom is 0.131 e. The monoisotopic (exact) mass is 311 g/mol. The first kappa shape index (κ1) is 13.7. The molecule has 2 N–H and O–H groups in total. The standard InChI is InChI=1S/C17H17N3OS/c1-2-4-12(5-3-1)16-10-14(20-21-16)15-11-22-17(19-15)13-6-8-18-9-7-13/h1-6,10-11,16,18,20H,7-9H2. The summed E-state index contributed by atoms with van der Waals surface area (Å²) >= 11 is 1.70. The van der Waals surface area contributed by atoms with E-state index < -0.39 is 0 Å². The van der Waals surface area contributed by atoms with E-state index in [1.165, 1.54) is 5.57 Å². The molecule has 2 aromatic rings. The van der Waals surface area contributed by atoms with Gasteiger partial charge in [-0.05, 0) is 30.2 Å². The van der Waals surface area contributed by atoms with E-state index in [1.807, 2.05) is 18.2 Å². The summed E-state index contributed by atoms with van der Waals surface area (Å²) in [6, 6.07) is 10.2. The van der Waals surface area contributed by atoms with Gasteiger partial charge in [0.1, 0.15) is 11.1 Å². The van der Waals surface area contributed by atoms with Crippen molar-refractivity contribution < 1.29 is 4.84 Å². The van der Waals surface area contributed by atoms with Crippen LogP contribution in [0.3, 0.4) is 0 Å². The molecule has 1 aromatic heterocycles. The average Bonchev–Trinajstić information content (AvgIpc) is 3.26. The lowest BCUT2D eigenvalue weighted by atomic mass is 10.1. The molecule has 0 saturated carbocycles. The fraction of sp³-hybridized carbons (Fsp3) is 0.235. The van der Waals surface area contributed by atoms with Gasteiger partial charge in [0, 0.05) is 11.9 Å². The Labute approximate surface area is 133 Å². The van der Waals surface area contributed by atoms with E-state index in [0.717, 1.165) is 41.5 Å². The van der Waals surface area contributed by atoms with Crippen LogP contribution in [-0.4, -0.2) is 18.1 Å². The lowest BCUT2D eigenvalue weighted by Crippen LogP contribution is -2.20. The Kier molecular flexibility index (Phi) is 3.76. The number of rotatable bonds is 3. The van der Waals surface area contributed by atoms with Crippen molar-refractivity contribution in [1.82, 2.24) is 15.8 Å². The van der Waals surface area contributed by atoms with Crippen LogP contribution in [0, 0.1) is 0 Å². The predicted molar refractivity (Wildman–Crippen MR) is 89.0 cm³/mol. The van der Waals surface area contributed by atoms with Gasteiger partial charge >= 0.3 is 0 Å². The van der Waals surface area contributed by atoms with Crippen molar-refractivity contribution >= 4 is 22.6 Å². The van der Waals surface area contributed by atoms with Crippen LogP contribution in [0.25, 0.3) is 11.3 Å². The van der Waals surface area contributed by atoms with Gasteiger partial charge in [0.15, 0.2) is 0 Å². The number of nitrogens with one attached hydrogen (secondary N) is 2. The van der Waals surface area contributed by atoms with E-state index in [-0.39, 0.29) is 6.10 Å². The highest BCUT2D eigenvalue weighted by molar-refractivity contribution is 7.10. The minimum atomic E-state index is -0.0561. The Morgan fingerprint density at radius 3 is 2.95 bits per heavy atom. The smallest absolute Gasteiger partial charge is 0.131 e. The number of hydroxylamine groups is 1. The summed E-state index contributed by atoms with van der Waals surface area (Å²) in [4.78, 5) is 10.4. The predicted octanol–water partition coefficient (Wildman–Crippen LogP) is 3.14. The van der Waals surface area contributed by atoms with Crippen LogP contribution in [0.15, 0.2) is 47.9 Å².